The maximum atomic E-state index is 4.79. The van der Waals surface area contributed by atoms with Gasteiger partial charge in [0.2, 0.25) is 0 Å². The van der Waals surface area contributed by atoms with Crippen molar-refractivity contribution >= 4 is 17.5 Å². The van der Waals surface area contributed by atoms with E-state index in [9.17, 15) is 0 Å². The molecule has 1 radical (unpaired) electrons. The van der Waals surface area contributed by atoms with Crippen molar-refractivity contribution in [3.05, 3.63) is 0 Å². The second-order valence-electron chi connectivity index (χ2n) is 1.12. The van der Waals surface area contributed by atoms with Crippen LogP contribution in [0.4, 0.5) is 0 Å². The minimum Gasteiger partial charge on any atom is -0.457 e. The third-order valence-electron chi connectivity index (χ3n) is 0.524. The summed E-state index contributed by atoms with van der Waals surface area (Å²) >= 11 is 4.61. The zero-order valence-electron chi connectivity index (χ0n) is 5.44. The number of thiocarbonyl (C=S) groups is 1. The molecule has 0 unspecified atom stereocenters. The topological polar surface area (TPSA) is 18.5 Å². The SMILES string of the molecule is CCOC(=S)OCC.[Ag]. The van der Waals surface area contributed by atoms with Gasteiger partial charge >= 0.3 is 5.24 Å². The van der Waals surface area contributed by atoms with Crippen molar-refractivity contribution in [2.24, 2.45) is 0 Å². The summed E-state index contributed by atoms with van der Waals surface area (Å²) in [6, 6.07) is 0. The fourth-order valence-corrected chi connectivity index (χ4v) is 0.513. The number of rotatable bonds is 2. The van der Waals surface area contributed by atoms with Gasteiger partial charge in [-0.05, 0) is 13.8 Å². The van der Waals surface area contributed by atoms with Crippen LogP contribution in [-0.4, -0.2) is 18.5 Å². The molecule has 4 heteroatoms. The van der Waals surface area contributed by atoms with Gasteiger partial charge in [-0.2, -0.15) is 0 Å². The van der Waals surface area contributed by atoms with Gasteiger partial charge in [-0.15, -0.1) is 0 Å². The standard InChI is InChI=1S/C5H10O2S.Ag/c1-3-6-5(8)7-4-2;/h3-4H2,1-2H3;. The van der Waals surface area contributed by atoms with Gasteiger partial charge in [0.25, 0.3) is 0 Å². The van der Waals surface area contributed by atoms with E-state index in [-0.39, 0.29) is 27.6 Å². The average molecular weight is 242 g/mol. The van der Waals surface area contributed by atoms with Gasteiger partial charge < -0.3 is 9.47 Å². The monoisotopic (exact) mass is 241 g/mol. The molecule has 59 valence electrons. The van der Waals surface area contributed by atoms with Crippen LogP contribution in [0.3, 0.4) is 0 Å². The van der Waals surface area contributed by atoms with Gasteiger partial charge in [0.15, 0.2) is 0 Å². The van der Waals surface area contributed by atoms with Crippen LogP contribution in [-0.2, 0) is 31.9 Å². The van der Waals surface area contributed by atoms with Gasteiger partial charge in [-0.3, -0.25) is 0 Å². The summed E-state index contributed by atoms with van der Waals surface area (Å²) in [6.07, 6.45) is 0. The zero-order valence-corrected chi connectivity index (χ0v) is 7.74. The van der Waals surface area contributed by atoms with Crippen LogP contribution in [0.25, 0.3) is 0 Å². The van der Waals surface area contributed by atoms with Gasteiger partial charge in [-0.1, -0.05) is 0 Å². The molecule has 0 aromatic heterocycles. The summed E-state index contributed by atoms with van der Waals surface area (Å²) in [6.45, 7) is 4.90. The van der Waals surface area contributed by atoms with Crippen molar-refractivity contribution in [3.8, 4) is 0 Å². The van der Waals surface area contributed by atoms with E-state index in [1.165, 1.54) is 0 Å². The summed E-state index contributed by atoms with van der Waals surface area (Å²) in [7, 11) is 0. The van der Waals surface area contributed by atoms with E-state index in [2.05, 4.69) is 12.2 Å². The fourth-order valence-electron chi connectivity index (χ4n) is 0.277. The first-order valence-electron chi connectivity index (χ1n) is 2.60. The Hall–Kier alpha value is 0.430. The van der Waals surface area contributed by atoms with Crippen LogP contribution in [0.15, 0.2) is 0 Å². The quantitative estimate of drug-likeness (QED) is 0.537. The van der Waals surface area contributed by atoms with E-state index in [0.29, 0.717) is 13.2 Å². The van der Waals surface area contributed by atoms with E-state index < -0.39 is 0 Å². The summed E-state index contributed by atoms with van der Waals surface area (Å²) in [5, 5.41) is 0.245. The molecule has 0 aliphatic heterocycles. The molecule has 0 bridgehead atoms. The molecule has 0 aliphatic rings. The Morgan fingerprint density at radius 3 is 1.78 bits per heavy atom. The Labute approximate surface area is 76.4 Å². The first kappa shape index (κ1) is 12.1. The number of hydrogen-bond acceptors (Lipinski definition) is 3. The first-order chi connectivity index (χ1) is 3.81. The molecule has 0 aliphatic carbocycles. The molecule has 0 fully saturated rings. The third-order valence-corrected chi connectivity index (χ3v) is 0.760. The second-order valence-corrected chi connectivity index (χ2v) is 1.45. The largest absolute Gasteiger partial charge is 0.457 e. The zero-order chi connectivity index (χ0) is 6.41. The van der Waals surface area contributed by atoms with E-state index in [4.69, 9.17) is 9.47 Å². The van der Waals surface area contributed by atoms with Crippen LogP contribution < -0.4 is 0 Å². The smallest absolute Gasteiger partial charge is 0.352 e. The van der Waals surface area contributed by atoms with Crippen molar-refractivity contribution < 1.29 is 31.9 Å². The van der Waals surface area contributed by atoms with Gasteiger partial charge in [0, 0.05) is 34.6 Å². The normalized spacial score (nSPS) is 7.33. The van der Waals surface area contributed by atoms with Crippen molar-refractivity contribution in [1.82, 2.24) is 0 Å². The summed E-state index contributed by atoms with van der Waals surface area (Å²) < 4.78 is 9.58. The van der Waals surface area contributed by atoms with Crippen molar-refractivity contribution in [2.45, 2.75) is 13.8 Å². The Kier molecular flexibility index (Phi) is 11.4. The molecule has 0 atom stereocenters. The van der Waals surface area contributed by atoms with Crippen LogP contribution in [0.2, 0.25) is 0 Å². The van der Waals surface area contributed by atoms with Crippen LogP contribution >= 0.6 is 12.2 Å². The summed E-state index contributed by atoms with van der Waals surface area (Å²) in [5.74, 6) is 0. The van der Waals surface area contributed by atoms with Crippen molar-refractivity contribution in [3.63, 3.8) is 0 Å². The predicted molar refractivity (Wildman–Crippen MR) is 35.9 cm³/mol. The second kappa shape index (κ2) is 8.43. The maximum Gasteiger partial charge on any atom is 0.352 e. The molecule has 0 heterocycles. The number of ether oxygens (including phenoxy) is 2. The minimum atomic E-state index is 0. The van der Waals surface area contributed by atoms with E-state index >= 15 is 0 Å². The van der Waals surface area contributed by atoms with E-state index in [0.717, 1.165) is 0 Å². The predicted octanol–water partition coefficient (Wildman–Crippen LogP) is 1.34. The summed E-state index contributed by atoms with van der Waals surface area (Å²) in [5.41, 5.74) is 0. The molecule has 9 heavy (non-hydrogen) atoms. The molecule has 0 rings (SSSR count). The molecule has 0 amide bonds. The van der Waals surface area contributed by atoms with Crippen molar-refractivity contribution in [1.29, 1.82) is 0 Å². The molecular formula is C5H10AgO2S. The molecule has 0 aromatic carbocycles. The molecule has 0 saturated carbocycles. The Bertz CT molecular complexity index is 69.4. The molecule has 0 spiro atoms. The molecule has 0 saturated heterocycles. The third kappa shape index (κ3) is 8.43. The van der Waals surface area contributed by atoms with Crippen LogP contribution in [0.1, 0.15) is 13.8 Å². The fraction of sp³-hybridized carbons (Fsp3) is 0.800. The van der Waals surface area contributed by atoms with Crippen LogP contribution in [0, 0.1) is 0 Å². The van der Waals surface area contributed by atoms with E-state index in [1.54, 1.807) is 0 Å². The van der Waals surface area contributed by atoms with Gasteiger partial charge in [0.05, 0.1) is 13.2 Å². The molecule has 2 nitrogen and oxygen atoms in total. The molecule has 0 N–H and O–H groups in total. The van der Waals surface area contributed by atoms with Gasteiger partial charge in [-0.25, -0.2) is 0 Å². The maximum absolute atomic E-state index is 4.79. The Balaban J connectivity index is 0. The van der Waals surface area contributed by atoms with E-state index in [1.807, 2.05) is 13.8 Å². The van der Waals surface area contributed by atoms with Crippen molar-refractivity contribution in [2.75, 3.05) is 13.2 Å². The van der Waals surface area contributed by atoms with Crippen LogP contribution in [0.5, 0.6) is 0 Å². The first-order valence-corrected chi connectivity index (χ1v) is 3.01. The van der Waals surface area contributed by atoms with Gasteiger partial charge in [0.1, 0.15) is 0 Å². The molecule has 0 aromatic rings. The molecular weight excluding hydrogens is 232 g/mol. The average Bonchev–Trinajstić information content (AvgIpc) is 1.68. The Morgan fingerprint density at radius 2 is 1.56 bits per heavy atom. The Morgan fingerprint density at radius 1 is 1.22 bits per heavy atom. The summed E-state index contributed by atoms with van der Waals surface area (Å²) in [4.78, 5) is 0. The minimum absolute atomic E-state index is 0. The number of hydrogen-bond donors (Lipinski definition) is 0.